The summed E-state index contributed by atoms with van der Waals surface area (Å²) in [6, 6.07) is 41.5. The van der Waals surface area contributed by atoms with Crippen LogP contribution in [0.1, 0.15) is 52.6 Å². The van der Waals surface area contributed by atoms with Crippen molar-refractivity contribution in [2.45, 2.75) is 43.7 Å². The summed E-state index contributed by atoms with van der Waals surface area (Å²) in [7, 11) is 0. The van der Waals surface area contributed by atoms with Crippen molar-refractivity contribution in [1.29, 1.82) is 0 Å². The molecule has 5 aromatic carbocycles. The monoisotopic (exact) mass is 711 g/mol. The number of nitrogens with zero attached hydrogens (tertiary/aromatic N) is 1. The van der Waals surface area contributed by atoms with Crippen LogP contribution in [-0.4, -0.2) is 72.3 Å². The van der Waals surface area contributed by atoms with Crippen molar-refractivity contribution in [3.05, 3.63) is 179 Å². The zero-order valence-corrected chi connectivity index (χ0v) is 28.7. The maximum absolute atomic E-state index is 13.9. The number of ether oxygens (including phenoxy) is 5. The van der Waals surface area contributed by atoms with Gasteiger partial charge in [-0.1, -0.05) is 109 Å². The van der Waals surface area contributed by atoms with E-state index in [0.29, 0.717) is 5.56 Å². The van der Waals surface area contributed by atoms with Gasteiger partial charge >= 0.3 is 11.9 Å². The number of amides is 2. The van der Waals surface area contributed by atoms with Crippen molar-refractivity contribution in [2.75, 3.05) is 13.2 Å². The Morgan fingerprint density at radius 1 is 0.604 bits per heavy atom. The molecule has 1 fully saturated rings. The lowest BCUT2D eigenvalue weighted by Crippen LogP contribution is -2.65. The minimum absolute atomic E-state index is 0.0918. The molecule has 0 N–H and O–H groups in total. The first-order valence-corrected chi connectivity index (χ1v) is 17.4. The Morgan fingerprint density at radius 3 is 1.58 bits per heavy atom. The van der Waals surface area contributed by atoms with E-state index in [1.54, 1.807) is 84.9 Å². The van der Waals surface area contributed by atoms with Gasteiger partial charge in [-0.15, -0.1) is 0 Å². The average molecular weight is 712 g/mol. The third kappa shape index (κ3) is 8.10. The molecule has 0 radical (unpaired) electrons. The molecule has 2 aliphatic heterocycles. The van der Waals surface area contributed by atoms with Gasteiger partial charge in [0, 0.05) is 0 Å². The summed E-state index contributed by atoms with van der Waals surface area (Å²) in [5.74, 6) is -2.24. The Bertz CT molecular complexity index is 1990. The van der Waals surface area contributed by atoms with E-state index < -0.39 is 54.2 Å². The molecule has 53 heavy (non-hydrogen) atoms. The largest absolute Gasteiger partial charge is 0.458 e. The van der Waals surface area contributed by atoms with Crippen molar-refractivity contribution in [1.82, 2.24) is 4.90 Å². The Balaban J connectivity index is 1.26. The van der Waals surface area contributed by atoms with Gasteiger partial charge in [-0.25, -0.2) is 9.59 Å². The Labute approximate surface area is 306 Å². The van der Waals surface area contributed by atoms with E-state index in [9.17, 15) is 19.2 Å². The van der Waals surface area contributed by atoms with Crippen LogP contribution < -0.4 is 0 Å². The lowest BCUT2D eigenvalue weighted by atomic mass is 9.92. The van der Waals surface area contributed by atoms with Crippen LogP contribution >= 0.6 is 0 Å². The van der Waals surface area contributed by atoms with Crippen molar-refractivity contribution in [3.63, 3.8) is 0 Å². The molecule has 5 aromatic rings. The van der Waals surface area contributed by atoms with Gasteiger partial charge in [0.2, 0.25) is 0 Å². The van der Waals surface area contributed by atoms with Crippen molar-refractivity contribution in [2.24, 2.45) is 0 Å². The van der Waals surface area contributed by atoms with Crippen LogP contribution in [0.15, 0.2) is 146 Å². The van der Waals surface area contributed by atoms with Gasteiger partial charge in [0.25, 0.3) is 11.8 Å². The second kappa shape index (κ2) is 16.6. The zero-order chi connectivity index (χ0) is 36.6. The molecule has 7 rings (SSSR count). The molecule has 0 bridgehead atoms. The van der Waals surface area contributed by atoms with E-state index in [0.717, 1.165) is 11.1 Å². The van der Waals surface area contributed by atoms with E-state index >= 15 is 0 Å². The molecule has 10 heteroatoms. The quantitative estimate of drug-likeness (QED) is 0.102. The van der Waals surface area contributed by atoms with Crippen LogP contribution in [0, 0.1) is 0 Å². The Hall–Kier alpha value is -5.94. The first-order chi connectivity index (χ1) is 26.0. The molecule has 2 amide bonds. The first kappa shape index (κ1) is 35.5. The van der Waals surface area contributed by atoms with Crippen LogP contribution in [0.25, 0.3) is 0 Å². The van der Waals surface area contributed by atoms with E-state index in [2.05, 4.69) is 0 Å². The van der Waals surface area contributed by atoms with Crippen LogP contribution in [0.2, 0.25) is 0 Å². The van der Waals surface area contributed by atoms with E-state index in [4.69, 9.17) is 23.7 Å². The van der Waals surface area contributed by atoms with Gasteiger partial charge in [0.05, 0.1) is 48.1 Å². The lowest BCUT2D eigenvalue weighted by molar-refractivity contribution is -0.228. The molecule has 0 aromatic heterocycles. The predicted molar refractivity (Wildman–Crippen MR) is 193 cm³/mol. The standard InChI is InChI=1S/C43H37NO9/c45-40-33-23-13-14-24-34(33)41(46)44(40)35-27-51-38(39(50-26-30-17-7-2-8-18-30)37(35)49-25-29-15-5-1-6-16-29)36(53-43(48)32-21-11-4-12-22-32)28-52-42(47)31-19-9-3-10-20-31/h1-24,35-39H,25-28H2. The minimum Gasteiger partial charge on any atom is -0.458 e. The molecule has 0 spiro atoms. The Morgan fingerprint density at radius 2 is 1.06 bits per heavy atom. The SMILES string of the molecule is O=C(OCC(OC(=O)c1ccccc1)C1OCC(N2C(=O)c3ccccc3C2=O)C(OCc2ccccc2)C1OCc1ccccc1)c1ccccc1. The molecule has 2 aliphatic rings. The number of rotatable bonds is 13. The fourth-order valence-corrected chi connectivity index (χ4v) is 6.57. The third-order valence-electron chi connectivity index (χ3n) is 9.24. The van der Waals surface area contributed by atoms with Gasteiger partial charge in [0.1, 0.15) is 24.9 Å². The fourth-order valence-electron chi connectivity index (χ4n) is 6.57. The summed E-state index contributed by atoms with van der Waals surface area (Å²) in [5, 5.41) is 0. The molecular formula is C43H37NO9. The summed E-state index contributed by atoms with van der Waals surface area (Å²) in [6.07, 6.45) is -4.27. The first-order valence-electron chi connectivity index (χ1n) is 17.4. The minimum atomic E-state index is -1.19. The van der Waals surface area contributed by atoms with Crippen LogP contribution in [0.3, 0.4) is 0 Å². The lowest BCUT2D eigenvalue weighted by Gasteiger charge is -2.46. The number of carbonyl (C=O) groups excluding carboxylic acids is 4. The molecule has 0 saturated carbocycles. The molecule has 0 aliphatic carbocycles. The van der Waals surface area contributed by atoms with Crippen LogP contribution in [-0.2, 0) is 36.9 Å². The molecule has 268 valence electrons. The smallest absolute Gasteiger partial charge is 0.338 e. The molecule has 5 atom stereocenters. The van der Waals surface area contributed by atoms with Crippen molar-refractivity contribution < 1.29 is 42.9 Å². The maximum atomic E-state index is 13.9. The van der Waals surface area contributed by atoms with E-state index in [1.165, 1.54) is 4.90 Å². The van der Waals surface area contributed by atoms with Crippen LogP contribution in [0.5, 0.6) is 0 Å². The summed E-state index contributed by atoms with van der Waals surface area (Å²) in [5.41, 5.74) is 2.85. The predicted octanol–water partition coefficient (Wildman–Crippen LogP) is 6.30. The molecule has 5 unspecified atom stereocenters. The second-order valence-corrected chi connectivity index (χ2v) is 12.7. The van der Waals surface area contributed by atoms with Crippen LogP contribution in [0.4, 0.5) is 0 Å². The third-order valence-corrected chi connectivity index (χ3v) is 9.24. The van der Waals surface area contributed by atoms with E-state index in [1.807, 2.05) is 60.7 Å². The van der Waals surface area contributed by atoms with Gasteiger partial charge < -0.3 is 23.7 Å². The molecule has 1 saturated heterocycles. The van der Waals surface area contributed by atoms with E-state index in [-0.39, 0.29) is 43.1 Å². The number of benzene rings is 5. The summed E-state index contributed by atoms with van der Waals surface area (Å²) < 4.78 is 31.6. The second-order valence-electron chi connectivity index (χ2n) is 12.7. The normalized spacial score (nSPS) is 20.0. The topological polar surface area (TPSA) is 118 Å². The highest BCUT2D eigenvalue weighted by molar-refractivity contribution is 6.21. The summed E-state index contributed by atoms with van der Waals surface area (Å²) >= 11 is 0. The number of fused-ring (bicyclic) bond motifs is 1. The highest BCUT2D eigenvalue weighted by Gasteiger charge is 2.53. The number of esters is 2. The van der Waals surface area contributed by atoms with Gasteiger partial charge in [-0.3, -0.25) is 14.5 Å². The number of carbonyl (C=O) groups is 4. The molecule has 10 nitrogen and oxygen atoms in total. The maximum Gasteiger partial charge on any atom is 0.338 e. The number of imide groups is 1. The average Bonchev–Trinajstić information content (AvgIpc) is 3.47. The number of hydrogen-bond donors (Lipinski definition) is 0. The van der Waals surface area contributed by atoms with Gasteiger partial charge in [0.15, 0.2) is 6.10 Å². The summed E-state index contributed by atoms with van der Waals surface area (Å²) in [4.78, 5) is 55.7. The number of hydrogen-bond acceptors (Lipinski definition) is 9. The molecular weight excluding hydrogens is 674 g/mol. The van der Waals surface area contributed by atoms with Crippen molar-refractivity contribution >= 4 is 23.8 Å². The summed E-state index contributed by atoms with van der Waals surface area (Å²) in [6.45, 7) is -0.354. The van der Waals surface area contributed by atoms with Crippen molar-refractivity contribution in [3.8, 4) is 0 Å². The Kier molecular flexibility index (Phi) is 11.1. The van der Waals surface area contributed by atoms with Gasteiger partial charge in [-0.05, 0) is 47.5 Å². The zero-order valence-electron chi connectivity index (χ0n) is 28.7. The molecule has 2 heterocycles. The van der Waals surface area contributed by atoms with Gasteiger partial charge in [-0.2, -0.15) is 0 Å². The fraction of sp³-hybridized carbons (Fsp3) is 0.209. The highest BCUT2D eigenvalue weighted by Crippen LogP contribution is 2.34. The highest BCUT2D eigenvalue weighted by atomic mass is 16.6.